The predicted molar refractivity (Wildman–Crippen MR) is 160 cm³/mol. The fourth-order valence-corrected chi connectivity index (χ4v) is 6.28. The van der Waals surface area contributed by atoms with Gasteiger partial charge in [-0.1, -0.05) is 55.3 Å². The second kappa shape index (κ2) is 12.9. The number of hydrogen-bond donors (Lipinski definition) is 2. The predicted octanol–water partition coefficient (Wildman–Crippen LogP) is 5.72. The SMILES string of the molecule is Cc1cc(C)nc(SCC(O)N(Cc2ccccc2C)C2(C(=O)Nc3ccc(N(C)C)cc3)CCCCC2)n1. The number of thioether (sulfide) groups is 1. The molecule has 0 saturated heterocycles. The van der Waals surface area contributed by atoms with Gasteiger partial charge >= 0.3 is 0 Å². The largest absolute Gasteiger partial charge is 0.378 e. The number of carbonyl (C=O) groups is 1. The first-order chi connectivity index (χ1) is 18.7. The highest BCUT2D eigenvalue weighted by molar-refractivity contribution is 7.99. The maximum Gasteiger partial charge on any atom is 0.244 e. The van der Waals surface area contributed by atoms with Crippen LogP contribution in [0.1, 0.15) is 54.6 Å². The van der Waals surface area contributed by atoms with Crippen LogP contribution in [-0.2, 0) is 11.3 Å². The Kier molecular flexibility index (Phi) is 9.64. The van der Waals surface area contributed by atoms with Crippen LogP contribution in [0, 0.1) is 20.8 Å². The average Bonchev–Trinajstić information content (AvgIpc) is 2.91. The molecule has 1 aromatic heterocycles. The summed E-state index contributed by atoms with van der Waals surface area (Å²) >= 11 is 1.43. The van der Waals surface area contributed by atoms with Crippen LogP contribution in [-0.4, -0.2) is 57.5 Å². The van der Waals surface area contributed by atoms with Crippen LogP contribution in [0.15, 0.2) is 59.8 Å². The van der Waals surface area contributed by atoms with Crippen molar-refractivity contribution >= 4 is 29.0 Å². The van der Waals surface area contributed by atoms with Gasteiger partial charge in [-0.3, -0.25) is 9.69 Å². The minimum absolute atomic E-state index is 0.0555. The van der Waals surface area contributed by atoms with E-state index in [-0.39, 0.29) is 5.91 Å². The molecule has 7 nitrogen and oxygen atoms in total. The third kappa shape index (κ3) is 7.18. The molecule has 2 aromatic carbocycles. The lowest BCUT2D eigenvalue weighted by atomic mass is 9.78. The Bertz CT molecular complexity index is 1240. The number of anilines is 2. The second-order valence-electron chi connectivity index (χ2n) is 10.8. The van der Waals surface area contributed by atoms with Crippen molar-refractivity contribution in [2.45, 2.75) is 76.3 Å². The van der Waals surface area contributed by atoms with Crippen molar-refractivity contribution in [3.05, 3.63) is 77.1 Å². The van der Waals surface area contributed by atoms with Crippen molar-refractivity contribution in [2.75, 3.05) is 30.1 Å². The van der Waals surface area contributed by atoms with Gasteiger partial charge in [0.05, 0.1) is 0 Å². The molecule has 208 valence electrons. The summed E-state index contributed by atoms with van der Waals surface area (Å²) in [4.78, 5) is 27.3. The fourth-order valence-electron chi connectivity index (χ4n) is 5.38. The lowest BCUT2D eigenvalue weighted by Gasteiger charge is -2.47. The molecule has 1 atom stereocenters. The van der Waals surface area contributed by atoms with Crippen molar-refractivity contribution in [3.63, 3.8) is 0 Å². The van der Waals surface area contributed by atoms with Crippen molar-refractivity contribution in [2.24, 2.45) is 0 Å². The lowest BCUT2D eigenvalue weighted by molar-refractivity contribution is -0.142. The summed E-state index contributed by atoms with van der Waals surface area (Å²) in [6.07, 6.45) is 3.50. The number of benzene rings is 2. The molecule has 1 heterocycles. The zero-order valence-electron chi connectivity index (χ0n) is 23.8. The number of rotatable bonds is 10. The van der Waals surface area contributed by atoms with Gasteiger partial charge in [-0.15, -0.1) is 0 Å². The zero-order valence-corrected chi connectivity index (χ0v) is 24.6. The molecular weight excluding hydrogens is 506 g/mol. The fraction of sp³-hybridized carbons (Fsp3) is 0.452. The van der Waals surface area contributed by atoms with Crippen LogP contribution in [0.2, 0.25) is 0 Å². The summed E-state index contributed by atoms with van der Waals surface area (Å²) < 4.78 is 0. The van der Waals surface area contributed by atoms with E-state index in [1.165, 1.54) is 11.8 Å². The molecule has 8 heteroatoms. The third-order valence-corrected chi connectivity index (χ3v) is 8.49. The van der Waals surface area contributed by atoms with Crippen LogP contribution in [0.25, 0.3) is 0 Å². The molecule has 3 aromatic rings. The number of aliphatic hydroxyl groups excluding tert-OH is 1. The van der Waals surface area contributed by atoms with Crippen molar-refractivity contribution in [1.29, 1.82) is 0 Å². The molecule has 4 rings (SSSR count). The minimum atomic E-state index is -0.862. The van der Waals surface area contributed by atoms with Gasteiger partial charge in [0.15, 0.2) is 5.16 Å². The molecule has 39 heavy (non-hydrogen) atoms. The Morgan fingerprint density at radius 2 is 1.64 bits per heavy atom. The topological polar surface area (TPSA) is 81.6 Å². The highest BCUT2D eigenvalue weighted by Gasteiger charge is 2.47. The number of nitrogens with zero attached hydrogens (tertiary/aromatic N) is 4. The molecule has 1 amide bonds. The molecule has 0 aliphatic heterocycles. The molecule has 2 N–H and O–H groups in total. The van der Waals surface area contributed by atoms with Gasteiger partial charge in [0.1, 0.15) is 11.8 Å². The normalized spacial score (nSPS) is 15.7. The van der Waals surface area contributed by atoms with Gasteiger partial charge in [-0.05, 0) is 75.1 Å². The highest BCUT2D eigenvalue weighted by Crippen LogP contribution is 2.38. The molecule has 1 fully saturated rings. The molecule has 1 aliphatic rings. The van der Waals surface area contributed by atoms with Gasteiger partial charge in [0.25, 0.3) is 0 Å². The molecule has 0 bridgehead atoms. The van der Waals surface area contributed by atoms with Crippen LogP contribution in [0.4, 0.5) is 11.4 Å². The van der Waals surface area contributed by atoms with Crippen LogP contribution >= 0.6 is 11.8 Å². The smallest absolute Gasteiger partial charge is 0.244 e. The average molecular weight is 548 g/mol. The number of aromatic nitrogens is 2. The molecule has 0 radical (unpaired) electrons. The molecule has 1 aliphatic carbocycles. The van der Waals surface area contributed by atoms with Gasteiger partial charge in [0, 0.05) is 49.2 Å². The van der Waals surface area contributed by atoms with Crippen LogP contribution in [0.3, 0.4) is 0 Å². The summed E-state index contributed by atoms with van der Waals surface area (Å²) in [5.74, 6) is 0.307. The van der Waals surface area contributed by atoms with E-state index in [0.717, 1.165) is 53.2 Å². The van der Waals surface area contributed by atoms with E-state index in [1.54, 1.807) is 0 Å². The lowest BCUT2D eigenvalue weighted by Crippen LogP contribution is -2.61. The number of hydrogen-bond acceptors (Lipinski definition) is 7. The van der Waals surface area contributed by atoms with Gasteiger partial charge in [-0.25, -0.2) is 9.97 Å². The van der Waals surface area contributed by atoms with Crippen molar-refractivity contribution < 1.29 is 9.90 Å². The van der Waals surface area contributed by atoms with E-state index in [0.29, 0.717) is 30.3 Å². The van der Waals surface area contributed by atoms with E-state index in [2.05, 4.69) is 34.3 Å². The number of nitrogens with one attached hydrogen (secondary N) is 1. The number of carbonyl (C=O) groups excluding carboxylic acids is 1. The van der Waals surface area contributed by atoms with Crippen LogP contribution in [0.5, 0.6) is 0 Å². The standard InChI is InChI=1S/C31H41N5O2S/c1-22-11-7-8-12-25(22)20-36(28(37)21-39-30-32-23(2)19-24(3)33-30)31(17-9-6-10-18-31)29(38)34-26-13-15-27(16-14-26)35(4)5/h7-8,11-16,19,28,37H,6,9-10,17-18,20-21H2,1-5H3,(H,34,38). The number of aryl methyl sites for hydroxylation is 3. The third-order valence-electron chi connectivity index (χ3n) is 7.58. The molecular formula is C31H41N5O2S. The van der Waals surface area contributed by atoms with Gasteiger partial charge in [-0.2, -0.15) is 0 Å². The van der Waals surface area contributed by atoms with Crippen LogP contribution < -0.4 is 10.2 Å². The summed E-state index contributed by atoms with van der Waals surface area (Å²) in [7, 11) is 3.99. The Morgan fingerprint density at radius 3 is 2.26 bits per heavy atom. The summed E-state index contributed by atoms with van der Waals surface area (Å²) in [5, 5.41) is 15.6. The quantitative estimate of drug-likeness (QED) is 0.191. The molecule has 1 saturated carbocycles. The number of aliphatic hydroxyl groups is 1. The Labute approximate surface area is 237 Å². The van der Waals surface area contributed by atoms with E-state index < -0.39 is 11.8 Å². The van der Waals surface area contributed by atoms with Gasteiger partial charge < -0.3 is 15.3 Å². The first kappa shape index (κ1) is 29.1. The maximum atomic E-state index is 14.2. The first-order valence-electron chi connectivity index (χ1n) is 13.7. The maximum absolute atomic E-state index is 14.2. The highest BCUT2D eigenvalue weighted by atomic mass is 32.2. The Morgan fingerprint density at radius 1 is 1.00 bits per heavy atom. The summed E-state index contributed by atoms with van der Waals surface area (Å²) in [5.41, 5.74) is 5.06. The van der Waals surface area contributed by atoms with Gasteiger partial charge in [0.2, 0.25) is 5.91 Å². The first-order valence-corrected chi connectivity index (χ1v) is 14.7. The Balaban J connectivity index is 1.65. The molecule has 1 unspecified atom stereocenters. The second-order valence-corrected chi connectivity index (χ2v) is 11.8. The minimum Gasteiger partial charge on any atom is -0.378 e. The van der Waals surface area contributed by atoms with E-state index >= 15 is 0 Å². The van der Waals surface area contributed by atoms with E-state index in [4.69, 9.17) is 0 Å². The van der Waals surface area contributed by atoms with Crippen molar-refractivity contribution in [1.82, 2.24) is 14.9 Å². The van der Waals surface area contributed by atoms with E-state index in [9.17, 15) is 9.90 Å². The van der Waals surface area contributed by atoms with Crippen molar-refractivity contribution in [3.8, 4) is 0 Å². The van der Waals surface area contributed by atoms with E-state index in [1.807, 2.05) is 80.2 Å². The monoisotopic (exact) mass is 547 g/mol. The summed E-state index contributed by atoms with van der Waals surface area (Å²) in [6, 6.07) is 18.0. The molecule has 0 spiro atoms. The number of amides is 1. The Hall–Kier alpha value is -2.94. The zero-order chi connectivity index (χ0) is 28.0. The summed E-state index contributed by atoms with van der Waals surface area (Å²) in [6.45, 7) is 6.46.